The van der Waals surface area contributed by atoms with Crippen LogP contribution in [0.4, 0.5) is 4.39 Å². The highest BCUT2D eigenvalue weighted by Crippen LogP contribution is 2.26. The summed E-state index contributed by atoms with van der Waals surface area (Å²) in [6, 6.07) is 6.47. The summed E-state index contributed by atoms with van der Waals surface area (Å²) in [6.07, 6.45) is 1.46. The van der Waals surface area contributed by atoms with Gasteiger partial charge in [0, 0.05) is 10.6 Å². The Labute approximate surface area is 94.7 Å². The van der Waals surface area contributed by atoms with E-state index >= 15 is 0 Å². The average Bonchev–Trinajstić information content (AvgIpc) is 2.26. The maximum atomic E-state index is 12.9. The van der Waals surface area contributed by atoms with E-state index in [1.54, 1.807) is 6.07 Å². The maximum Gasteiger partial charge on any atom is 0.124 e. The predicted molar refractivity (Wildman–Crippen MR) is 62.7 cm³/mol. The highest BCUT2D eigenvalue weighted by atomic mass is 32.2. The third-order valence-corrected chi connectivity index (χ3v) is 3.89. The molecule has 0 aliphatic heterocycles. The number of benzene rings is 1. The molecule has 1 rings (SSSR count). The molecule has 0 aliphatic carbocycles. The van der Waals surface area contributed by atoms with Crippen molar-refractivity contribution in [3.63, 3.8) is 0 Å². The summed E-state index contributed by atoms with van der Waals surface area (Å²) in [6.45, 7) is 3.94. The van der Waals surface area contributed by atoms with E-state index in [9.17, 15) is 9.50 Å². The van der Waals surface area contributed by atoms with Gasteiger partial charge in [-0.1, -0.05) is 19.9 Å². The Kier molecular flexibility index (Phi) is 4.61. The summed E-state index contributed by atoms with van der Waals surface area (Å²) >= 11 is 1.50. The first-order valence-electron chi connectivity index (χ1n) is 5.20. The van der Waals surface area contributed by atoms with Crippen LogP contribution >= 0.6 is 11.8 Å². The number of rotatable bonds is 5. The van der Waals surface area contributed by atoms with Crippen molar-refractivity contribution in [3.05, 3.63) is 30.1 Å². The van der Waals surface area contributed by atoms with Crippen molar-refractivity contribution in [3.8, 4) is 0 Å². The summed E-state index contributed by atoms with van der Waals surface area (Å²) in [5, 5.41) is 10.0. The van der Waals surface area contributed by atoms with Gasteiger partial charge in [0.15, 0.2) is 0 Å². The Morgan fingerprint density at radius 1 is 1.33 bits per heavy atom. The molecule has 3 heteroatoms. The van der Waals surface area contributed by atoms with Gasteiger partial charge in [-0.05, 0) is 31.0 Å². The Bertz CT molecular complexity index is 310. The molecule has 15 heavy (non-hydrogen) atoms. The van der Waals surface area contributed by atoms with E-state index < -0.39 is 5.60 Å². The van der Waals surface area contributed by atoms with E-state index in [0.717, 1.165) is 17.7 Å². The lowest BCUT2D eigenvalue weighted by atomic mass is 10.0. The molecular weight excluding hydrogens is 211 g/mol. The fourth-order valence-corrected chi connectivity index (χ4v) is 2.44. The average molecular weight is 228 g/mol. The molecule has 0 radical (unpaired) electrons. The largest absolute Gasteiger partial charge is 0.389 e. The quantitative estimate of drug-likeness (QED) is 0.779. The Morgan fingerprint density at radius 3 is 2.53 bits per heavy atom. The number of hydrogen-bond acceptors (Lipinski definition) is 2. The van der Waals surface area contributed by atoms with Crippen molar-refractivity contribution in [2.24, 2.45) is 0 Å². The third kappa shape index (κ3) is 3.84. The monoisotopic (exact) mass is 228 g/mol. The maximum absolute atomic E-state index is 12.9. The van der Waals surface area contributed by atoms with Gasteiger partial charge in [-0.15, -0.1) is 11.8 Å². The molecule has 0 heterocycles. The molecule has 0 saturated carbocycles. The van der Waals surface area contributed by atoms with E-state index in [-0.39, 0.29) is 5.82 Å². The Balaban J connectivity index is 2.56. The fourth-order valence-electron chi connectivity index (χ4n) is 1.23. The highest BCUT2D eigenvalue weighted by molar-refractivity contribution is 7.99. The number of thioether (sulfide) groups is 1. The van der Waals surface area contributed by atoms with Gasteiger partial charge in [0.25, 0.3) is 0 Å². The van der Waals surface area contributed by atoms with Gasteiger partial charge in [0.1, 0.15) is 5.82 Å². The van der Waals surface area contributed by atoms with E-state index in [4.69, 9.17) is 0 Å². The first-order valence-corrected chi connectivity index (χ1v) is 6.19. The van der Waals surface area contributed by atoms with E-state index in [1.807, 2.05) is 19.9 Å². The van der Waals surface area contributed by atoms with Crippen molar-refractivity contribution in [2.45, 2.75) is 37.2 Å². The minimum absolute atomic E-state index is 0.225. The van der Waals surface area contributed by atoms with Gasteiger partial charge < -0.3 is 5.11 Å². The lowest BCUT2D eigenvalue weighted by Crippen LogP contribution is -2.29. The van der Waals surface area contributed by atoms with Crippen molar-refractivity contribution in [1.82, 2.24) is 0 Å². The van der Waals surface area contributed by atoms with Crippen LogP contribution in [0.15, 0.2) is 29.2 Å². The predicted octanol–water partition coefficient (Wildman–Crippen LogP) is 3.47. The van der Waals surface area contributed by atoms with E-state index in [1.165, 1.54) is 23.9 Å². The van der Waals surface area contributed by atoms with Crippen LogP contribution in [0.25, 0.3) is 0 Å². The second-order valence-corrected chi connectivity index (χ2v) is 4.73. The van der Waals surface area contributed by atoms with Gasteiger partial charge in [-0.25, -0.2) is 4.39 Å². The van der Waals surface area contributed by atoms with Gasteiger partial charge in [-0.3, -0.25) is 0 Å². The first-order chi connectivity index (χ1) is 7.09. The van der Waals surface area contributed by atoms with Gasteiger partial charge in [0.05, 0.1) is 5.60 Å². The summed E-state index contributed by atoms with van der Waals surface area (Å²) in [5.74, 6) is 0.389. The number of hydrogen-bond donors (Lipinski definition) is 1. The van der Waals surface area contributed by atoms with Crippen molar-refractivity contribution in [1.29, 1.82) is 0 Å². The van der Waals surface area contributed by atoms with Crippen molar-refractivity contribution >= 4 is 11.8 Å². The van der Waals surface area contributed by atoms with Crippen LogP contribution in [0.1, 0.15) is 26.7 Å². The lowest BCUT2D eigenvalue weighted by molar-refractivity contribution is 0.0572. The van der Waals surface area contributed by atoms with Gasteiger partial charge >= 0.3 is 0 Å². The summed E-state index contributed by atoms with van der Waals surface area (Å²) in [7, 11) is 0. The van der Waals surface area contributed by atoms with Crippen molar-refractivity contribution in [2.75, 3.05) is 5.75 Å². The highest BCUT2D eigenvalue weighted by Gasteiger charge is 2.22. The molecular formula is C12H17FOS. The smallest absolute Gasteiger partial charge is 0.124 e. The topological polar surface area (TPSA) is 20.2 Å². The molecule has 0 fully saturated rings. The van der Waals surface area contributed by atoms with Crippen LogP contribution in [0, 0.1) is 5.82 Å². The van der Waals surface area contributed by atoms with Gasteiger partial charge in [-0.2, -0.15) is 0 Å². The molecule has 0 spiro atoms. The number of aliphatic hydroxyl groups is 1. The molecule has 0 aliphatic rings. The molecule has 0 bridgehead atoms. The summed E-state index contributed by atoms with van der Waals surface area (Å²) in [5.41, 5.74) is -0.628. The molecule has 0 aromatic heterocycles. The van der Waals surface area contributed by atoms with Crippen molar-refractivity contribution < 1.29 is 9.50 Å². The standard InChI is InChI=1S/C12H17FOS/c1-3-12(14,4-2)9-15-11-7-5-6-10(13)8-11/h5-8,14H,3-4,9H2,1-2H3. The van der Waals surface area contributed by atoms with Crippen LogP contribution in [0.3, 0.4) is 0 Å². The van der Waals surface area contributed by atoms with Crippen LogP contribution < -0.4 is 0 Å². The van der Waals surface area contributed by atoms with E-state index in [2.05, 4.69) is 0 Å². The first kappa shape index (κ1) is 12.5. The Morgan fingerprint density at radius 2 is 2.00 bits per heavy atom. The van der Waals surface area contributed by atoms with E-state index in [0.29, 0.717) is 5.75 Å². The second-order valence-electron chi connectivity index (χ2n) is 3.68. The zero-order valence-corrected chi connectivity index (χ0v) is 9.98. The van der Waals surface area contributed by atoms with Crippen LogP contribution in [-0.4, -0.2) is 16.5 Å². The molecule has 1 N–H and O–H groups in total. The fraction of sp³-hybridized carbons (Fsp3) is 0.500. The normalized spacial score (nSPS) is 11.7. The minimum atomic E-state index is -0.628. The Hall–Kier alpha value is -0.540. The molecule has 1 nitrogen and oxygen atoms in total. The lowest BCUT2D eigenvalue weighted by Gasteiger charge is -2.24. The molecule has 0 saturated heterocycles. The molecule has 1 aromatic rings. The minimum Gasteiger partial charge on any atom is -0.389 e. The van der Waals surface area contributed by atoms with Crippen LogP contribution in [0.2, 0.25) is 0 Å². The second kappa shape index (κ2) is 5.52. The zero-order valence-electron chi connectivity index (χ0n) is 9.16. The zero-order chi connectivity index (χ0) is 11.3. The third-order valence-electron chi connectivity index (χ3n) is 2.62. The van der Waals surface area contributed by atoms with Crippen LogP contribution in [-0.2, 0) is 0 Å². The molecule has 84 valence electrons. The summed E-state index contributed by atoms with van der Waals surface area (Å²) in [4.78, 5) is 0.871. The molecule has 0 unspecified atom stereocenters. The number of halogens is 1. The molecule has 0 amide bonds. The molecule has 1 aromatic carbocycles. The SMILES string of the molecule is CCC(O)(CC)CSc1cccc(F)c1. The van der Waals surface area contributed by atoms with Crippen LogP contribution in [0.5, 0.6) is 0 Å². The van der Waals surface area contributed by atoms with Gasteiger partial charge in [0.2, 0.25) is 0 Å². The molecule has 0 atom stereocenters. The summed E-state index contributed by atoms with van der Waals surface area (Å²) < 4.78 is 12.9.